The average molecular weight is 393 g/mol. The minimum Gasteiger partial charge on any atom is -0.493 e. The monoisotopic (exact) mass is 393 g/mol. The number of amides is 1. The van der Waals surface area contributed by atoms with Crippen molar-refractivity contribution in [1.82, 2.24) is 4.90 Å². The molecular weight excluding hydrogens is 370 g/mol. The molecule has 0 bridgehead atoms. The van der Waals surface area contributed by atoms with Gasteiger partial charge in [0.2, 0.25) is 0 Å². The smallest absolute Gasteiger partial charge is 0.253 e. The average Bonchev–Trinajstić information content (AvgIpc) is 3.19. The summed E-state index contributed by atoms with van der Waals surface area (Å²) in [5.74, 6) is 1.24. The van der Waals surface area contributed by atoms with Crippen LogP contribution in [0.5, 0.6) is 11.5 Å². The predicted molar refractivity (Wildman–Crippen MR) is 99.8 cm³/mol. The fourth-order valence-electron chi connectivity index (χ4n) is 3.28. The van der Waals surface area contributed by atoms with Crippen molar-refractivity contribution in [1.29, 1.82) is 0 Å². The van der Waals surface area contributed by atoms with E-state index < -0.39 is 15.1 Å². The Morgan fingerprint density at radius 1 is 1.15 bits per heavy atom. The maximum Gasteiger partial charge on any atom is 0.253 e. The lowest BCUT2D eigenvalue weighted by Gasteiger charge is -2.31. The maximum absolute atomic E-state index is 12.7. The standard InChI is InChI=1S/C19H23NO6S/c1-24-17-6-5-14(12-18(17)25-2)19(21)20-9-7-16(8-10-20)27(22,23)13-15-4-3-11-26-15/h3-6,11-12,16H,7-10,13H2,1-2H3. The van der Waals surface area contributed by atoms with Crippen molar-refractivity contribution >= 4 is 15.7 Å². The summed E-state index contributed by atoms with van der Waals surface area (Å²) in [5, 5.41) is -0.461. The largest absolute Gasteiger partial charge is 0.493 e. The number of nitrogens with zero attached hydrogens (tertiary/aromatic N) is 1. The van der Waals surface area contributed by atoms with Crippen LogP contribution in [-0.4, -0.2) is 51.8 Å². The van der Waals surface area contributed by atoms with Crippen molar-refractivity contribution in [3.05, 3.63) is 47.9 Å². The number of likely N-dealkylation sites (tertiary alicyclic amines) is 1. The summed E-state index contributed by atoms with van der Waals surface area (Å²) in [6.07, 6.45) is 2.30. The van der Waals surface area contributed by atoms with Crippen LogP contribution in [0.25, 0.3) is 0 Å². The van der Waals surface area contributed by atoms with Gasteiger partial charge in [-0.15, -0.1) is 0 Å². The van der Waals surface area contributed by atoms with Crippen LogP contribution >= 0.6 is 0 Å². The lowest BCUT2D eigenvalue weighted by Crippen LogP contribution is -2.42. The number of furan rings is 1. The van der Waals surface area contributed by atoms with Gasteiger partial charge in [0, 0.05) is 18.7 Å². The SMILES string of the molecule is COc1ccc(C(=O)N2CCC(S(=O)(=O)Cc3ccco3)CC2)cc1OC. The van der Waals surface area contributed by atoms with E-state index in [1.165, 1.54) is 20.5 Å². The summed E-state index contributed by atoms with van der Waals surface area (Å²) in [6, 6.07) is 8.35. The molecule has 1 aromatic heterocycles. The number of hydrogen-bond donors (Lipinski definition) is 0. The third kappa shape index (κ3) is 4.27. The molecule has 0 N–H and O–H groups in total. The summed E-state index contributed by atoms with van der Waals surface area (Å²) in [4.78, 5) is 14.4. The molecule has 1 amide bonds. The van der Waals surface area contributed by atoms with Gasteiger partial charge in [-0.3, -0.25) is 4.79 Å². The van der Waals surface area contributed by atoms with Gasteiger partial charge in [0.05, 0.1) is 25.7 Å². The number of ether oxygens (including phenoxy) is 2. The van der Waals surface area contributed by atoms with Crippen LogP contribution in [0.15, 0.2) is 41.0 Å². The first-order valence-corrected chi connectivity index (χ1v) is 10.4. The van der Waals surface area contributed by atoms with Crippen LogP contribution in [0.1, 0.15) is 29.0 Å². The van der Waals surface area contributed by atoms with Crippen molar-refractivity contribution in [3.8, 4) is 11.5 Å². The molecule has 3 rings (SSSR count). The number of rotatable bonds is 6. The van der Waals surface area contributed by atoms with Gasteiger partial charge in [0.1, 0.15) is 11.5 Å². The number of benzene rings is 1. The number of sulfone groups is 1. The molecule has 8 heteroatoms. The van der Waals surface area contributed by atoms with E-state index in [0.717, 1.165) is 0 Å². The molecule has 7 nitrogen and oxygen atoms in total. The van der Waals surface area contributed by atoms with Crippen molar-refractivity contribution in [3.63, 3.8) is 0 Å². The molecular formula is C19H23NO6S. The van der Waals surface area contributed by atoms with E-state index in [9.17, 15) is 13.2 Å². The quantitative estimate of drug-likeness (QED) is 0.750. The first-order valence-electron chi connectivity index (χ1n) is 8.70. The van der Waals surface area contributed by atoms with Crippen LogP contribution in [0.4, 0.5) is 0 Å². The Labute approximate surface area is 158 Å². The highest BCUT2D eigenvalue weighted by Gasteiger charge is 2.32. The molecule has 0 unspecified atom stereocenters. The van der Waals surface area contributed by atoms with Gasteiger partial charge < -0.3 is 18.8 Å². The third-order valence-electron chi connectivity index (χ3n) is 4.79. The summed E-state index contributed by atoms with van der Waals surface area (Å²) in [6.45, 7) is 0.796. The van der Waals surface area contributed by atoms with Crippen LogP contribution in [0.3, 0.4) is 0 Å². The molecule has 0 radical (unpaired) electrons. The van der Waals surface area contributed by atoms with E-state index in [0.29, 0.717) is 48.8 Å². The van der Waals surface area contributed by atoms with E-state index in [-0.39, 0.29) is 11.7 Å². The summed E-state index contributed by atoms with van der Waals surface area (Å²) >= 11 is 0. The zero-order valence-electron chi connectivity index (χ0n) is 15.4. The topological polar surface area (TPSA) is 86.0 Å². The van der Waals surface area contributed by atoms with Gasteiger partial charge in [-0.25, -0.2) is 8.42 Å². The number of methoxy groups -OCH3 is 2. The van der Waals surface area contributed by atoms with E-state index in [1.54, 1.807) is 35.2 Å². The highest BCUT2D eigenvalue weighted by atomic mass is 32.2. The lowest BCUT2D eigenvalue weighted by molar-refractivity contribution is 0.0725. The van der Waals surface area contributed by atoms with E-state index in [2.05, 4.69) is 0 Å². The molecule has 146 valence electrons. The molecule has 1 aliphatic rings. The number of hydrogen-bond acceptors (Lipinski definition) is 6. The molecule has 0 aliphatic carbocycles. The highest BCUT2D eigenvalue weighted by molar-refractivity contribution is 7.91. The Hall–Kier alpha value is -2.48. The number of carbonyl (C=O) groups is 1. The Bertz CT molecular complexity index is 883. The minimum absolute atomic E-state index is 0.103. The fourth-order valence-corrected chi connectivity index (χ4v) is 5.01. The van der Waals surface area contributed by atoms with Crippen LogP contribution in [0, 0.1) is 0 Å². The van der Waals surface area contributed by atoms with Gasteiger partial charge in [-0.2, -0.15) is 0 Å². The zero-order chi connectivity index (χ0) is 19.4. The first kappa shape index (κ1) is 19.3. The number of piperidine rings is 1. The second-order valence-electron chi connectivity index (χ2n) is 6.45. The zero-order valence-corrected chi connectivity index (χ0v) is 16.2. The molecule has 1 aliphatic heterocycles. The molecule has 0 spiro atoms. The minimum atomic E-state index is -3.31. The normalized spacial score (nSPS) is 15.6. The fraction of sp³-hybridized carbons (Fsp3) is 0.421. The van der Waals surface area contributed by atoms with E-state index in [4.69, 9.17) is 13.9 Å². The molecule has 27 heavy (non-hydrogen) atoms. The third-order valence-corrected chi connectivity index (χ3v) is 6.97. The predicted octanol–water partition coefficient (Wildman–Crippen LogP) is 2.52. The van der Waals surface area contributed by atoms with Gasteiger partial charge in [0.25, 0.3) is 5.91 Å². The molecule has 2 aromatic rings. The van der Waals surface area contributed by atoms with Gasteiger partial charge in [0.15, 0.2) is 21.3 Å². The van der Waals surface area contributed by atoms with Gasteiger partial charge >= 0.3 is 0 Å². The van der Waals surface area contributed by atoms with Crippen molar-refractivity contribution in [2.24, 2.45) is 0 Å². The molecule has 1 aromatic carbocycles. The lowest BCUT2D eigenvalue weighted by atomic mass is 10.1. The Balaban J connectivity index is 1.64. The Kier molecular flexibility index (Phi) is 5.74. The second kappa shape index (κ2) is 8.04. The summed E-state index contributed by atoms with van der Waals surface area (Å²) < 4.78 is 40.7. The van der Waals surface area contributed by atoms with Gasteiger partial charge in [-0.1, -0.05) is 0 Å². The van der Waals surface area contributed by atoms with Crippen LogP contribution in [-0.2, 0) is 15.6 Å². The van der Waals surface area contributed by atoms with Crippen molar-refractivity contribution < 1.29 is 27.1 Å². The highest BCUT2D eigenvalue weighted by Crippen LogP contribution is 2.29. The Morgan fingerprint density at radius 2 is 1.85 bits per heavy atom. The van der Waals surface area contributed by atoms with Crippen LogP contribution < -0.4 is 9.47 Å². The number of carbonyl (C=O) groups excluding carboxylic acids is 1. The maximum atomic E-state index is 12.7. The molecule has 0 atom stereocenters. The van der Waals surface area contributed by atoms with Crippen molar-refractivity contribution in [2.45, 2.75) is 23.8 Å². The first-order chi connectivity index (χ1) is 12.9. The summed E-state index contributed by atoms with van der Waals surface area (Å²) in [7, 11) is -0.258. The molecule has 1 saturated heterocycles. The molecule has 2 heterocycles. The summed E-state index contributed by atoms with van der Waals surface area (Å²) in [5.41, 5.74) is 0.490. The van der Waals surface area contributed by atoms with E-state index in [1.807, 2.05) is 0 Å². The van der Waals surface area contributed by atoms with Crippen LogP contribution in [0.2, 0.25) is 0 Å². The van der Waals surface area contributed by atoms with E-state index >= 15 is 0 Å². The van der Waals surface area contributed by atoms with Gasteiger partial charge in [-0.05, 0) is 43.2 Å². The molecule has 0 saturated carbocycles. The Morgan fingerprint density at radius 3 is 2.44 bits per heavy atom. The van der Waals surface area contributed by atoms with Crippen molar-refractivity contribution in [2.75, 3.05) is 27.3 Å². The second-order valence-corrected chi connectivity index (χ2v) is 8.73. The molecule has 1 fully saturated rings.